The van der Waals surface area contributed by atoms with E-state index in [-0.39, 0.29) is 0 Å². The first kappa shape index (κ1) is 12.1. The second-order valence-electron chi connectivity index (χ2n) is 3.67. The molecule has 0 aliphatic carbocycles. The zero-order valence-electron chi connectivity index (χ0n) is 9.83. The van der Waals surface area contributed by atoms with Gasteiger partial charge in [-0.25, -0.2) is 9.97 Å². The van der Waals surface area contributed by atoms with E-state index in [0.29, 0.717) is 11.6 Å². The van der Waals surface area contributed by atoms with Gasteiger partial charge in [0.1, 0.15) is 5.82 Å². The lowest BCUT2D eigenvalue weighted by Crippen LogP contribution is -2.00. The van der Waals surface area contributed by atoms with Gasteiger partial charge in [0.05, 0.1) is 10.7 Å². The van der Waals surface area contributed by atoms with E-state index < -0.39 is 0 Å². The molecule has 2 aromatic heterocycles. The molecular weight excluding hydrogens is 282 g/mol. The lowest BCUT2D eigenvalue weighted by Gasteiger charge is -2.05. The van der Waals surface area contributed by atoms with Crippen molar-refractivity contribution >= 4 is 21.7 Å². The Morgan fingerprint density at radius 2 is 2.24 bits per heavy atom. The summed E-state index contributed by atoms with van der Waals surface area (Å²) in [6.45, 7) is 2.13. The van der Waals surface area contributed by atoms with Crippen molar-refractivity contribution in [1.82, 2.24) is 9.97 Å². The number of hydrogen-bond donors (Lipinski definition) is 1. The van der Waals surface area contributed by atoms with E-state index in [4.69, 9.17) is 4.42 Å². The summed E-state index contributed by atoms with van der Waals surface area (Å²) >= 11 is 3.42. The zero-order valence-corrected chi connectivity index (χ0v) is 11.4. The van der Waals surface area contributed by atoms with Gasteiger partial charge in [-0.05, 0) is 28.4 Å². The molecular formula is C12H14BrN3O. The normalized spacial score (nSPS) is 10.5. The second kappa shape index (κ2) is 5.31. The van der Waals surface area contributed by atoms with Crippen LogP contribution in [-0.2, 0) is 6.42 Å². The molecule has 2 rings (SSSR count). The van der Waals surface area contributed by atoms with Gasteiger partial charge in [-0.15, -0.1) is 0 Å². The van der Waals surface area contributed by atoms with Crippen LogP contribution in [-0.4, -0.2) is 17.0 Å². The number of aryl methyl sites for hydroxylation is 1. The van der Waals surface area contributed by atoms with Crippen molar-refractivity contribution in [2.45, 2.75) is 19.8 Å². The number of hydrogen-bond acceptors (Lipinski definition) is 4. The van der Waals surface area contributed by atoms with Gasteiger partial charge in [0, 0.05) is 18.8 Å². The van der Waals surface area contributed by atoms with E-state index >= 15 is 0 Å². The first-order chi connectivity index (χ1) is 8.24. The number of furan rings is 1. The minimum Gasteiger partial charge on any atom is -0.460 e. The number of anilines is 1. The number of nitrogens with zero attached hydrogens (tertiary/aromatic N) is 2. The van der Waals surface area contributed by atoms with Gasteiger partial charge in [-0.3, -0.25) is 0 Å². The molecule has 4 nitrogen and oxygen atoms in total. The van der Waals surface area contributed by atoms with Crippen LogP contribution in [0.5, 0.6) is 0 Å². The number of halogens is 1. The highest BCUT2D eigenvalue weighted by Crippen LogP contribution is 2.27. The fraction of sp³-hybridized carbons (Fsp3) is 0.333. The molecule has 5 heteroatoms. The molecule has 0 spiro atoms. The van der Waals surface area contributed by atoms with E-state index in [0.717, 1.165) is 28.8 Å². The lowest BCUT2D eigenvalue weighted by molar-refractivity contribution is 0.575. The van der Waals surface area contributed by atoms with Crippen LogP contribution >= 0.6 is 15.9 Å². The van der Waals surface area contributed by atoms with Crippen LogP contribution in [0.3, 0.4) is 0 Å². The number of rotatable bonds is 4. The van der Waals surface area contributed by atoms with Crippen LogP contribution in [0.1, 0.15) is 19.0 Å². The van der Waals surface area contributed by atoms with Crippen molar-refractivity contribution in [2.75, 3.05) is 12.4 Å². The molecule has 0 bridgehead atoms. The van der Waals surface area contributed by atoms with Gasteiger partial charge in [0.25, 0.3) is 0 Å². The molecule has 90 valence electrons. The molecule has 0 unspecified atom stereocenters. The second-order valence-corrected chi connectivity index (χ2v) is 4.52. The predicted octanol–water partition coefficient (Wildman–Crippen LogP) is 3.49. The number of aromatic nitrogens is 2. The lowest BCUT2D eigenvalue weighted by atomic mass is 10.2. The van der Waals surface area contributed by atoms with E-state index in [1.165, 1.54) is 0 Å². The highest BCUT2D eigenvalue weighted by atomic mass is 79.9. The molecule has 0 amide bonds. The van der Waals surface area contributed by atoms with Crippen LogP contribution in [0.4, 0.5) is 5.82 Å². The highest BCUT2D eigenvalue weighted by molar-refractivity contribution is 9.10. The van der Waals surface area contributed by atoms with Crippen molar-refractivity contribution < 1.29 is 4.42 Å². The maximum absolute atomic E-state index is 5.38. The smallest absolute Gasteiger partial charge is 0.199 e. The van der Waals surface area contributed by atoms with Crippen molar-refractivity contribution in [3.05, 3.63) is 28.6 Å². The average Bonchev–Trinajstić information content (AvgIpc) is 2.75. The van der Waals surface area contributed by atoms with Crippen LogP contribution in [0.25, 0.3) is 11.6 Å². The quantitative estimate of drug-likeness (QED) is 0.938. The molecule has 0 saturated heterocycles. The third kappa shape index (κ3) is 2.66. The minimum atomic E-state index is 0.608. The summed E-state index contributed by atoms with van der Waals surface area (Å²) in [5.74, 6) is 2.08. The van der Waals surface area contributed by atoms with Crippen LogP contribution in [0.15, 0.2) is 27.3 Å². The Balaban J connectivity index is 2.46. The minimum absolute atomic E-state index is 0.608. The molecule has 17 heavy (non-hydrogen) atoms. The third-order valence-corrected chi connectivity index (χ3v) is 2.99. The Morgan fingerprint density at radius 1 is 1.41 bits per heavy atom. The molecule has 0 fully saturated rings. The van der Waals surface area contributed by atoms with Crippen molar-refractivity contribution in [3.63, 3.8) is 0 Å². The van der Waals surface area contributed by atoms with Crippen LogP contribution in [0, 0.1) is 0 Å². The van der Waals surface area contributed by atoms with Crippen LogP contribution < -0.4 is 5.32 Å². The van der Waals surface area contributed by atoms with Crippen LogP contribution in [0.2, 0.25) is 0 Å². The SMILES string of the molecule is CCCc1cc(NC)nc(-c2occc2Br)n1. The monoisotopic (exact) mass is 295 g/mol. The molecule has 0 atom stereocenters. The predicted molar refractivity (Wildman–Crippen MR) is 71.0 cm³/mol. The summed E-state index contributed by atoms with van der Waals surface area (Å²) in [6.07, 6.45) is 3.61. The summed E-state index contributed by atoms with van der Waals surface area (Å²) in [6, 6.07) is 3.80. The van der Waals surface area contributed by atoms with E-state index in [1.54, 1.807) is 6.26 Å². The largest absolute Gasteiger partial charge is 0.460 e. The van der Waals surface area contributed by atoms with Gasteiger partial charge in [-0.1, -0.05) is 13.3 Å². The first-order valence-electron chi connectivity index (χ1n) is 5.53. The topological polar surface area (TPSA) is 51.0 Å². The van der Waals surface area contributed by atoms with Crippen molar-refractivity contribution in [1.29, 1.82) is 0 Å². The van der Waals surface area contributed by atoms with E-state index in [1.807, 2.05) is 19.2 Å². The highest BCUT2D eigenvalue weighted by Gasteiger charge is 2.12. The number of nitrogens with one attached hydrogen (secondary N) is 1. The fourth-order valence-electron chi connectivity index (χ4n) is 1.56. The summed E-state index contributed by atoms with van der Waals surface area (Å²) in [5.41, 5.74) is 1.02. The Morgan fingerprint density at radius 3 is 2.82 bits per heavy atom. The van der Waals surface area contributed by atoms with Gasteiger partial charge < -0.3 is 9.73 Å². The summed E-state index contributed by atoms with van der Waals surface area (Å²) in [4.78, 5) is 8.89. The van der Waals surface area contributed by atoms with Crippen molar-refractivity contribution in [3.8, 4) is 11.6 Å². The van der Waals surface area contributed by atoms with Gasteiger partial charge in [0.2, 0.25) is 0 Å². The summed E-state index contributed by atoms with van der Waals surface area (Å²) in [5, 5.41) is 3.04. The van der Waals surface area contributed by atoms with Crippen molar-refractivity contribution in [2.24, 2.45) is 0 Å². The van der Waals surface area contributed by atoms with Gasteiger partial charge in [-0.2, -0.15) is 0 Å². The molecule has 1 N–H and O–H groups in total. The standard InChI is InChI=1S/C12H14BrN3O/c1-3-4-8-7-10(14-2)16-12(15-8)11-9(13)5-6-17-11/h5-7H,3-4H2,1-2H3,(H,14,15,16). The third-order valence-electron chi connectivity index (χ3n) is 2.36. The molecule has 0 aromatic carbocycles. The summed E-state index contributed by atoms with van der Waals surface area (Å²) in [7, 11) is 1.85. The molecule has 2 aromatic rings. The molecule has 0 aliphatic rings. The Hall–Kier alpha value is -1.36. The molecule has 2 heterocycles. The van der Waals surface area contributed by atoms with E-state index in [2.05, 4.69) is 38.1 Å². The average molecular weight is 296 g/mol. The van der Waals surface area contributed by atoms with Gasteiger partial charge in [0.15, 0.2) is 11.6 Å². The maximum atomic E-state index is 5.38. The van der Waals surface area contributed by atoms with E-state index in [9.17, 15) is 0 Å². The summed E-state index contributed by atoms with van der Waals surface area (Å²) < 4.78 is 6.25. The van der Waals surface area contributed by atoms with Gasteiger partial charge >= 0.3 is 0 Å². The Kier molecular flexibility index (Phi) is 3.78. The molecule has 0 radical (unpaired) electrons. The first-order valence-corrected chi connectivity index (χ1v) is 6.33. The zero-order chi connectivity index (χ0) is 12.3. The Labute approximate surface area is 109 Å². The molecule has 0 saturated carbocycles. The fourth-order valence-corrected chi connectivity index (χ4v) is 1.94. The maximum Gasteiger partial charge on any atom is 0.199 e. The molecule has 0 aliphatic heterocycles. The Bertz CT molecular complexity index is 510.